The van der Waals surface area contributed by atoms with Crippen molar-refractivity contribution in [3.05, 3.63) is 149 Å². The molecule has 2 N–H and O–H groups in total. The van der Waals surface area contributed by atoms with E-state index in [0.717, 1.165) is 22.6 Å². The van der Waals surface area contributed by atoms with Gasteiger partial charge in [-0.25, -0.2) is 9.18 Å². The molecule has 0 aliphatic rings. The molecule has 0 radical (unpaired) electrons. The highest BCUT2D eigenvalue weighted by molar-refractivity contribution is 5.97. The first kappa shape index (κ1) is 36.8. The number of nitrogens with one attached hydrogen (secondary N) is 1. The summed E-state index contributed by atoms with van der Waals surface area (Å²) < 4.78 is 64.5. The fraction of sp³-hybridized carbons (Fsp3) is 0.128. The second kappa shape index (κ2) is 16.0. The van der Waals surface area contributed by atoms with Crippen molar-refractivity contribution in [2.75, 3.05) is 19.0 Å². The maximum Gasteiger partial charge on any atom is 0.416 e. The standard InChI is InChI=1S/C39H30F4N2O7/c1-51-33-18-13-29(34(21-33)39(41,42)43)20-35(46)44-31-14-11-26(12-15-31)37(49)45(23-36(47)48)22-24-5-16-32(17-6-24)52-38(50)27-9-7-25(8-10-27)28-3-2-4-30(40)19-28/h2-19,21H,20,22-23H2,1H3,(H,44,46)(H,47,48). The molecule has 5 rings (SSSR count). The van der Waals surface area contributed by atoms with Crippen LogP contribution in [0.3, 0.4) is 0 Å². The minimum absolute atomic E-state index is 0.00470. The number of methoxy groups -OCH3 is 1. The van der Waals surface area contributed by atoms with Gasteiger partial charge in [0.25, 0.3) is 5.91 Å². The molecule has 266 valence electrons. The van der Waals surface area contributed by atoms with E-state index in [1.807, 2.05) is 0 Å². The Labute approximate surface area is 295 Å². The minimum atomic E-state index is -4.70. The molecule has 13 heteroatoms. The molecule has 5 aromatic rings. The SMILES string of the molecule is COc1ccc(CC(=O)Nc2ccc(C(=O)N(CC(=O)O)Cc3ccc(OC(=O)c4ccc(-c5cccc(F)c5)cc4)cc3)cc2)c(C(F)(F)F)c1. The van der Waals surface area contributed by atoms with Crippen molar-refractivity contribution >= 4 is 29.4 Å². The number of ether oxygens (including phenoxy) is 2. The van der Waals surface area contributed by atoms with Crippen molar-refractivity contribution in [3.8, 4) is 22.6 Å². The number of esters is 1. The molecule has 0 aliphatic carbocycles. The zero-order valence-corrected chi connectivity index (χ0v) is 27.4. The number of hydrogen-bond acceptors (Lipinski definition) is 6. The number of amides is 2. The average molecular weight is 715 g/mol. The van der Waals surface area contributed by atoms with E-state index in [-0.39, 0.29) is 46.2 Å². The van der Waals surface area contributed by atoms with E-state index in [1.165, 1.54) is 61.7 Å². The second-order valence-corrected chi connectivity index (χ2v) is 11.5. The van der Waals surface area contributed by atoms with Crippen molar-refractivity contribution in [2.24, 2.45) is 0 Å². The van der Waals surface area contributed by atoms with Crippen molar-refractivity contribution in [2.45, 2.75) is 19.1 Å². The molecule has 0 saturated heterocycles. The topological polar surface area (TPSA) is 122 Å². The average Bonchev–Trinajstić information content (AvgIpc) is 3.11. The summed E-state index contributed by atoms with van der Waals surface area (Å²) in [6.45, 7) is -0.744. The van der Waals surface area contributed by atoms with E-state index in [2.05, 4.69) is 5.32 Å². The Morgan fingerprint density at radius 2 is 1.42 bits per heavy atom. The van der Waals surface area contributed by atoms with Crippen LogP contribution in [0.15, 0.2) is 115 Å². The van der Waals surface area contributed by atoms with Crippen LogP contribution in [0.1, 0.15) is 37.4 Å². The first-order valence-electron chi connectivity index (χ1n) is 15.6. The van der Waals surface area contributed by atoms with Gasteiger partial charge in [-0.3, -0.25) is 14.4 Å². The van der Waals surface area contributed by atoms with Crippen LogP contribution in [-0.2, 0) is 28.7 Å². The number of carbonyl (C=O) groups excluding carboxylic acids is 3. The van der Waals surface area contributed by atoms with E-state index < -0.39 is 48.5 Å². The zero-order chi connectivity index (χ0) is 37.4. The van der Waals surface area contributed by atoms with Gasteiger partial charge in [0, 0.05) is 17.8 Å². The lowest BCUT2D eigenvalue weighted by molar-refractivity contribution is -0.139. The summed E-state index contributed by atoms with van der Waals surface area (Å²) in [5.41, 5.74) is 1.24. The molecule has 5 aromatic carbocycles. The number of anilines is 1. The van der Waals surface area contributed by atoms with Crippen LogP contribution in [0.4, 0.5) is 23.2 Å². The molecular weight excluding hydrogens is 684 g/mol. The Balaban J connectivity index is 1.19. The summed E-state index contributed by atoms with van der Waals surface area (Å²) in [5.74, 6) is -3.43. The first-order chi connectivity index (χ1) is 24.8. The normalized spacial score (nSPS) is 11.0. The highest BCUT2D eigenvalue weighted by Gasteiger charge is 2.34. The summed E-state index contributed by atoms with van der Waals surface area (Å²) in [7, 11) is 1.23. The summed E-state index contributed by atoms with van der Waals surface area (Å²) in [6, 6.07) is 27.4. The van der Waals surface area contributed by atoms with E-state index in [4.69, 9.17) is 9.47 Å². The van der Waals surface area contributed by atoms with Crippen LogP contribution < -0.4 is 14.8 Å². The predicted molar refractivity (Wildman–Crippen MR) is 182 cm³/mol. The van der Waals surface area contributed by atoms with Crippen LogP contribution in [0, 0.1) is 5.82 Å². The number of rotatable bonds is 12. The Hall–Kier alpha value is -6.50. The number of carbonyl (C=O) groups is 4. The molecule has 0 aromatic heterocycles. The highest BCUT2D eigenvalue weighted by atomic mass is 19.4. The summed E-state index contributed by atoms with van der Waals surface area (Å²) in [6.07, 6.45) is -5.28. The molecule has 9 nitrogen and oxygen atoms in total. The Morgan fingerprint density at radius 3 is 2.04 bits per heavy atom. The van der Waals surface area contributed by atoms with Crippen molar-refractivity contribution in [1.29, 1.82) is 0 Å². The molecule has 2 amide bonds. The lowest BCUT2D eigenvalue weighted by atomic mass is 10.0. The van der Waals surface area contributed by atoms with Crippen LogP contribution in [0.25, 0.3) is 11.1 Å². The van der Waals surface area contributed by atoms with E-state index in [0.29, 0.717) is 11.1 Å². The third-order valence-corrected chi connectivity index (χ3v) is 7.79. The number of hydrogen-bond donors (Lipinski definition) is 2. The molecule has 0 spiro atoms. The molecule has 52 heavy (non-hydrogen) atoms. The van der Waals surface area contributed by atoms with Gasteiger partial charge < -0.3 is 24.8 Å². The van der Waals surface area contributed by atoms with E-state index in [9.17, 15) is 41.8 Å². The number of carboxylic acids is 1. The van der Waals surface area contributed by atoms with Gasteiger partial charge in [-0.05, 0) is 95.1 Å². The largest absolute Gasteiger partial charge is 0.497 e. The second-order valence-electron chi connectivity index (χ2n) is 11.5. The Kier molecular flexibility index (Phi) is 11.3. The molecule has 0 bridgehead atoms. The van der Waals surface area contributed by atoms with Crippen LogP contribution >= 0.6 is 0 Å². The molecular formula is C39H30F4N2O7. The number of aliphatic carboxylic acids is 1. The Bertz CT molecular complexity index is 2080. The molecule has 0 aliphatic heterocycles. The summed E-state index contributed by atoms with van der Waals surface area (Å²) in [5, 5.41) is 12.0. The third kappa shape index (κ3) is 9.59. The predicted octanol–water partition coefficient (Wildman–Crippen LogP) is 7.65. The van der Waals surface area contributed by atoms with Gasteiger partial charge in [-0.2, -0.15) is 13.2 Å². The maximum atomic E-state index is 13.6. The van der Waals surface area contributed by atoms with Crippen LogP contribution in [-0.4, -0.2) is 47.4 Å². The third-order valence-electron chi connectivity index (χ3n) is 7.79. The van der Waals surface area contributed by atoms with Crippen molar-refractivity contribution in [1.82, 2.24) is 4.90 Å². The van der Waals surface area contributed by atoms with Gasteiger partial charge in [-0.1, -0.05) is 42.5 Å². The zero-order valence-electron chi connectivity index (χ0n) is 27.4. The monoisotopic (exact) mass is 714 g/mol. The van der Waals surface area contributed by atoms with Gasteiger partial charge in [0.2, 0.25) is 5.91 Å². The van der Waals surface area contributed by atoms with E-state index >= 15 is 0 Å². The number of nitrogens with zero attached hydrogens (tertiary/aromatic N) is 1. The fourth-order valence-corrected chi connectivity index (χ4v) is 5.24. The van der Waals surface area contributed by atoms with E-state index in [1.54, 1.807) is 48.5 Å². The molecule has 0 saturated carbocycles. The molecule has 0 atom stereocenters. The van der Waals surface area contributed by atoms with Crippen LogP contribution in [0.5, 0.6) is 11.5 Å². The molecule has 0 heterocycles. The summed E-state index contributed by atoms with van der Waals surface area (Å²) in [4.78, 5) is 51.3. The van der Waals surface area contributed by atoms with Gasteiger partial charge >= 0.3 is 18.1 Å². The van der Waals surface area contributed by atoms with Crippen LogP contribution in [0.2, 0.25) is 0 Å². The lowest BCUT2D eigenvalue weighted by Gasteiger charge is -2.21. The number of halogens is 4. The smallest absolute Gasteiger partial charge is 0.416 e. The van der Waals surface area contributed by atoms with Gasteiger partial charge in [0.05, 0.1) is 24.7 Å². The van der Waals surface area contributed by atoms with Gasteiger partial charge in [0.15, 0.2) is 0 Å². The quantitative estimate of drug-likeness (QED) is 0.0774. The number of alkyl halides is 3. The van der Waals surface area contributed by atoms with Crippen molar-refractivity contribution < 1.29 is 51.3 Å². The Morgan fingerprint density at radius 1 is 0.769 bits per heavy atom. The van der Waals surface area contributed by atoms with Crippen molar-refractivity contribution in [3.63, 3.8) is 0 Å². The number of benzene rings is 5. The minimum Gasteiger partial charge on any atom is -0.497 e. The molecule has 0 fully saturated rings. The highest BCUT2D eigenvalue weighted by Crippen LogP contribution is 2.35. The fourth-order valence-electron chi connectivity index (χ4n) is 5.24. The summed E-state index contributed by atoms with van der Waals surface area (Å²) >= 11 is 0. The maximum absolute atomic E-state index is 13.6. The first-order valence-corrected chi connectivity index (χ1v) is 15.6. The number of carboxylic acid groups (broad SMARTS) is 1. The molecule has 0 unspecified atom stereocenters. The van der Waals surface area contributed by atoms with Gasteiger partial charge in [0.1, 0.15) is 23.9 Å². The van der Waals surface area contributed by atoms with Gasteiger partial charge in [-0.15, -0.1) is 0 Å². The lowest BCUT2D eigenvalue weighted by Crippen LogP contribution is -2.35.